The number of rotatable bonds is 4. The minimum Gasteiger partial charge on any atom is -0.338 e. The van der Waals surface area contributed by atoms with Crippen LogP contribution in [0.1, 0.15) is 5.89 Å². The number of aromatic nitrogens is 4. The second kappa shape index (κ2) is 6.11. The topological polar surface area (TPSA) is 84.7 Å². The number of thioether (sulfide) groups is 1. The van der Waals surface area contributed by atoms with Gasteiger partial charge in [0.15, 0.2) is 5.16 Å². The Hall–Kier alpha value is -2.12. The molecule has 0 saturated carbocycles. The van der Waals surface area contributed by atoms with Gasteiger partial charge in [-0.05, 0) is 24.3 Å². The molecule has 106 valence electrons. The van der Waals surface area contributed by atoms with Gasteiger partial charge in [0, 0.05) is 22.8 Å². The van der Waals surface area contributed by atoms with Gasteiger partial charge < -0.3 is 9.51 Å². The molecule has 0 amide bonds. The van der Waals surface area contributed by atoms with Crippen LogP contribution in [-0.2, 0) is 5.75 Å². The third-order valence-corrected chi connectivity index (χ3v) is 3.67. The number of H-pyrrole nitrogens is 1. The van der Waals surface area contributed by atoms with Crippen molar-refractivity contribution in [1.82, 2.24) is 20.1 Å². The van der Waals surface area contributed by atoms with E-state index in [-0.39, 0.29) is 5.56 Å². The lowest BCUT2D eigenvalue weighted by atomic mass is 10.2. The molecular formula is C13H9ClN4O2S. The van der Waals surface area contributed by atoms with Crippen molar-refractivity contribution in [1.29, 1.82) is 0 Å². The normalized spacial score (nSPS) is 10.7. The number of hydrogen-bond acceptors (Lipinski definition) is 6. The van der Waals surface area contributed by atoms with Crippen molar-refractivity contribution in [3.8, 4) is 11.4 Å². The van der Waals surface area contributed by atoms with Crippen LogP contribution in [0, 0.1) is 0 Å². The summed E-state index contributed by atoms with van der Waals surface area (Å²) in [5.41, 5.74) is 0.630. The minimum atomic E-state index is -0.195. The molecule has 3 aromatic rings. The summed E-state index contributed by atoms with van der Waals surface area (Å²) in [5.74, 6) is 1.38. The molecule has 2 aromatic heterocycles. The van der Waals surface area contributed by atoms with Crippen molar-refractivity contribution >= 4 is 23.4 Å². The number of benzene rings is 1. The summed E-state index contributed by atoms with van der Waals surface area (Å²) in [4.78, 5) is 22.1. The maximum Gasteiger partial charge on any atom is 0.251 e. The molecule has 0 bridgehead atoms. The van der Waals surface area contributed by atoms with E-state index in [1.54, 1.807) is 12.1 Å². The summed E-state index contributed by atoms with van der Waals surface area (Å²) >= 11 is 7.15. The van der Waals surface area contributed by atoms with E-state index in [1.165, 1.54) is 24.0 Å². The highest BCUT2D eigenvalue weighted by Crippen LogP contribution is 2.21. The Morgan fingerprint density at radius 1 is 1.24 bits per heavy atom. The highest BCUT2D eigenvalue weighted by atomic mass is 35.5. The molecule has 8 heteroatoms. The average Bonchev–Trinajstić information content (AvgIpc) is 2.95. The fourth-order valence-corrected chi connectivity index (χ4v) is 2.40. The van der Waals surface area contributed by atoms with Gasteiger partial charge in [-0.15, -0.1) is 0 Å². The lowest BCUT2D eigenvalue weighted by molar-refractivity contribution is 0.391. The predicted octanol–water partition coefficient (Wildman–Crippen LogP) is 2.77. The quantitative estimate of drug-likeness (QED) is 0.587. The standard InChI is InChI=1S/C13H9ClN4O2S/c14-9-3-1-8(2-4-9)12-17-11(20-18-12)7-21-13-15-6-5-10(19)16-13/h1-6H,7H2,(H,15,16,19). The zero-order valence-electron chi connectivity index (χ0n) is 10.6. The molecule has 6 nitrogen and oxygen atoms in total. The SMILES string of the molecule is O=c1ccnc(SCc2nc(-c3ccc(Cl)cc3)no2)[nH]1. The third-order valence-electron chi connectivity index (χ3n) is 2.55. The summed E-state index contributed by atoms with van der Waals surface area (Å²) in [6.07, 6.45) is 1.45. The minimum absolute atomic E-state index is 0.195. The van der Waals surface area contributed by atoms with E-state index < -0.39 is 0 Å². The van der Waals surface area contributed by atoms with Crippen LogP contribution < -0.4 is 5.56 Å². The summed E-state index contributed by atoms with van der Waals surface area (Å²) < 4.78 is 5.17. The molecule has 0 aliphatic carbocycles. The largest absolute Gasteiger partial charge is 0.338 e. The maximum absolute atomic E-state index is 11.1. The molecule has 0 spiro atoms. The molecule has 1 N–H and O–H groups in total. The Morgan fingerprint density at radius 2 is 2.05 bits per heavy atom. The summed E-state index contributed by atoms with van der Waals surface area (Å²) in [6.45, 7) is 0. The smallest absolute Gasteiger partial charge is 0.251 e. The van der Waals surface area contributed by atoms with Gasteiger partial charge in [0.2, 0.25) is 11.7 Å². The molecule has 0 aliphatic rings. The molecule has 0 aliphatic heterocycles. The zero-order chi connectivity index (χ0) is 14.7. The van der Waals surface area contributed by atoms with E-state index >= 15 is 0 Å². The van der Waals surface area contributed by atoms with Crippen molar-refractivity contribution in [2.75, 3.05) is 0 Å². The van der Waals surface area contributed by atoms with Crippen LogP contribution in [0.25, 0.3) is 11.4 Å². The fraction of sp³-hybridized carbons (Fsp3) is 0.0769. The first-order valence-electron chi connectivity index (χ1n) is 5.97. The number of halogens is 1. The van der Waals surface area contributed by atoms with Gasteiger partial charge in [-0.1, -0.05) is 28.5 Å². The number of hydrogen-bond donors (Lipinski definition) is 1. The molecule has 0 radical (unpaired) electrons. The Balaban J connectivity index is 1.70. The molecule has 0 saturated heterocycles. The van der Waals surface area contributed by atoms with Crippen molar-refractivity contribution < 1.29 is 4.52 Å². The van der Waals surface area contributed by atoms with E-state index in [1.807, 2.05) is 12.1 Å². The van der Waals surface area contributed by atoms with E-state index in [0.717, 1.165) is 5.56 Å². The third kappa shape index (κ3) is 3.50. The lowest BCUT2D eigenvalue weighted by Gasteiger charge is -1.95. The predicted molar refractivity (Wildman–Crippen MR) is 79.2 cm³/mol. The molecule has 1 aromatic carbocycles. The highest BCUT2D eigenvalue weighted by Gasteiger charge is 2.09. The summed E-state index contributed by atoms with van der Waals surface area (Å²) in [7, 11) is 0. The van der Waals surface area contributed by atoms with Crippen LogP contribution in [0.2, 0.25) is 5.02 Å². The van der Waals surface area contributed by atoms with Gasteiger partial charge in [-0.25, -0.2) is 4.98 Å². The number of nitrogens with zero attached hydrogens (tertiary/aromatic N) is 3. The van der Waals surface area contributed by atoms with Gasteiger partial charge in [-0.3, -0.25) is 4.79 Å². The molecule has 0 atom stereocenters. The van der Waals surface area contributed by atoms with Crippen LogP contribution in [0.5, 0.6) is 0 Å². The first-order chi connectivity index (χ1) is 10.2. The number of nitrogens with one attached hydrogen (secondary N) is 1. The van der Waals surface area contributed by atoms with E-state index in [4.69, 9.17) is 16.1 Å². The van der Waals surface area contributed by atoms with Crippen LogP contribution in [0.3, 0.4) is 0 Å². The molecule has 2 heterocycles. The monoisotopic (exact) mass is 320 g/mol. The van der Waals surface area contributed by atoms with E-state index in [0.29, 0.717) is 27.6 Å². The van der Waals surface area contributed by atoms with Gasteiger partial charge in [-0.2, -0.15) is 4.98 Å². The van der Waals surface area contributed by atoms with Crippen LogP contribution in [0.4, 0.5) is 0 Å². The molecule has 3 rings (SSSR count). The van der Waals surface area contributed by atoms with Crippen LogP contribution in [0.15, 0.2) is 51.0 Å². The van der Waals surface area contributed by atoms with Crippen molar-refractivity contribution in [2.24, 2.45) is 0 Å². The highest BCUT2D eigenvalue weighted by molar-refractivity contribution is 7.98. The Bertz CT molecular complexity index is 800. The molecule has 21 heavy (non-hydrogen) atoms. The van der Waals surface area contributed by atoms with Crippen LogP contribution in [-0.4, -0.2) is 20.1 Å². The molecule has 0 unspecified atom stereocenters. The average molecular weight is 321 g/mol. The second-order valence-corrected chi connectivity index (χ2v) is 5.45. The summed E-state index contributed by atoms with van der Waals surface area (Å²) in [5, 5.41) is 5.07. The van der Waals surface area contributed by atoms with E-state index in [9.17, 15) is 4.79 Å². The Kier molecular flexibility index (Phi) is 4.03. The van der Waals surface area contributed by atoms with Crippen molar-refractivity contribution in [3.63, 3.8) is 0 Å². The Labute approximate surface area is 128 Å². The first-order valence-corrected chi connectivity index (χ1v) is 7.34. The fourth-order valence-electron chi connectivity index (χ4n) is 1.59. The van der Waals surface area contributed by atoms with Crippen molar-refractivity contribution in [3.05, 3.63) is 57.8 Å². The zero-order valence-corrected chi connectivity index (χ0v) is 12.2. The Morgan fingerprint density at radius 3 is 2.81 bits per heavy atom. The van der Waals surface area contributed by atoms with E-state index in [2.05, 4.69) is 20.1 Å². The van der Waals surface area contributed by atoms with Gasteiger partial charge in [0.25, 0.3) is 5.56 Å². The van der Waals surface area contributed by atoms with Crippen LogP contribution >= 0.6 is 23.4 Å². The lowest BCUT2D eigenvalue weighted by Crippen LogP contribution is -2.05. The first kappa shape index (κ1) is 13.8. The molecular weight excluding hydrogens is 312 g/mol. The second-order valence-electron chi connectivity index (χ2n) is 4.05. The van der Waals surface area contributed by atoms with Gasteiger partial charge in [0.05, 0.1) is 5.75 Å². The summed E-state index contributed by atoms with van der Waals surface area (Å²) in [6, 6.07) is 8.52. The number of aromatic amines is 1. The van der Waals surface area contributed by atoms with Gasteiger partial charge in [0.1, 0.15) is 0 Å². The maximum atomic E-state index is 11.1. The van der Waals surface area contributed by atoms with Crippen molar-refractivity contribution in [2.45, 2.75) is 10.9 Å². The van der Waals surface area contributed by atoms with Gasteiger partial charge >= 0.3 is 0 Å². The molecule has 0 fully saturated rings.